The number of hydrogen-bond acceptors (Lipinski definition) is 8. The predicted molar refractivity (Wildman–Crippen MR) is 152 cm³/mol. The van der Waals surface area contributed by atoms with Gasteiger partial charge in [-0.05, 0) is 55.7 Å². The third kappa shape index (κ3) is 4.41. The van der Waals surface area contributed by atoms with Crippen molar-refractivity contribution in [2.24, 2.45) is 5.92 Å². The number of ether oxygens (including phenoxy) is 1. The maximum Gasteiger partial charge on any atom is 0.183 e. The Kier molecular flexibility index (Phi) is 7.01. The van der Waals surface area contributed by atoms with Gasteiger partial charge in [0.1, 0.15) is 0 Å². The number of aliphatic hydroxyl groups is 1. The van der Waals surface area contributed by atoms with Crippen molar-refractivity contribution in [2.75, 3.05) is 6.61 Å². The number of benzene rings is 1. The Morgan fingerprint density at radius 3 is 2.32 bits per heavy atom. The van der Waals surface area contributed by atoms with Crippen LogP contribution < -0.4 is 0 Å². The van der Waals surface area contributed by atoms with Crippen LogP contribution in [0.25, 0.3) is 39.7 Å². The first-order valence-corrected chi connectivity index (χ1v) is 14.8. The zero-order valence-electron chi connectivity index (χ0n) is 19.0. The molecule has 0 bridgehead atoms. The summed E-state index contributed by atoms with van der Waals surface area (Å²) in [5, 5.41) is 12.9. The van der Waals surface area contributed by atoms with Crippen molar-refractivity contribution >= 4 is 84.4 Å². The maximum atomic E-state index is 12.1. The Hall–Kier alpha value is -1.52. The van der Waals surface area contributed by atoms with Gasteiger partial charge >= 0.3 is 0 Å². The number of rotatable bonds is 8. The third-order valence-electron chi connectivity index (χ3n) is 5.58. The van der Waals surface area contributed by atoms with Crippen molar-refractivity contribution in [1.29, 1.82) is 0 Å². The molecular weight excluding hydrogens is 521 g/mol. The van der Waals surface area contributed by atoms with Gasteiger partial charge in [-0.2, -0.15) is 0 Å². The van der Waals surface area contributed by atoms with Crippen LogP contribution in [0.3, 0.4) is 0 Å². The van der Waals surface area contributed by atoms with E-state index in [0.29, 0.717) is 18.1 Å². The SMILES string of the molecule is CCOC(O)c1c(-c2ccc(CC(C)C)s2)sc2cc3c(C=O)c(-c4ccc(S)s4)sc3cc12. The maximum absolute atomic E-state index is 12.1. The van der Waals surface area contributed by atoms with Crippen LogP contribution in [0.15, 0.2) is 40.6 Å². The van der Waals surface area contributed by atoms with E-state index in [9.17, 15) is 9.90 Å². The van der Waals surface area contributed by atoms with Gasteiger partial charge in [0, 0.05) is 52.5 Å². The zero-order valence-corrected chi connectivity index (χ0v) is 23.1. The molecule has 5 aromatic rings. The molecule has 1 unspecified atom stereocenters. The average Bonchev–Trinajstić information content (AvgIpc) is 3.55. The average molecular weight is 545 g/mol. The fraction of sp³-hybridized carbons (Fsp3) is 0.269. The van der Waals surface area contributed by atoms with E-state index >= 15 is 0 Å². The molecule has 0 spiro atoms. The van der Waals surface area contributed by atoms with Crippen LogP contribution in [-0.2, 0) is 11.2 Å². The summed E-state index contributed by atoms with van der Waals surface area (Å²) in [5.41, 5.74) is 1.53. The summed E-state index contributed by atoms with van der Waals surface area (Å²) >= 11 is 11.1. The van der Waals surface area contributed by atoms with E-state index in [1.165, 1.54) is 4.88 Å². The van der Waals surface area contributed by atoms with Crippen LogP contribution in [0, 0.1) is 5.92 Å². The normalized spacial score (nSPS) is 12.9. The topological polar surface area (TPSA) is 46.5 Å². The Morgan fingerprint density at radius 1 is 0.971 bits per heavy atom. The molecule has 0 fully saturated rings. The largest absolute Gasteiger partial charge is 0.364 e. The van der Waals surface area contributed by atoms with E-state index in [4.69, 9.17) is 4.74 Å². The Morgan fingerprint density at radius 2 is 1.65 bits per heavy atom. The molecule has 0 aliphatic carbocycles. The van der Waals surface area contributed by atoms with E-state index in [0.717, 1.165) is 62.2 Å². The zero-order chi connectivity index (χ0) is 24.0. The highest BCUT2D eigenvalue weighted by molar-refractivity contribution is 7.83. The van der Waals surface area contributed by atoms with Crippen molar-refractivity contribution in [2.45, 2.75) is 37.7 Å². The summed E-state index contributed by atoms with van der Waals surface area (Å²) in [4.78, 5) is 17.7. The summed E-state index contributed by atoms with van der Waals surface area (Å²) in [6.07, 6.45) is 0.993. The summed E-state index contributed by atoms with van der Waals surface area (Å²) < 4.78 is 8.66. The fourth-order valence-corrected chi connectivity index (χ4v) is 9.18. The molecular formula is C26H24O3S5. The van der Waals surface area contributed by atoms with Gasteiger partial charge in [-0.3, -0.25) is 4.79 Å². The minimum absolute atomic E-state index is 0.423. The molecule has 5 rings (SSSR count). The van der Waals surface area contributed by atoms with Gasteiger partial charge in [-0.25, -0.2) is 0 Å². The second-order valence-corrected chi connectivity index (χ2v) is 13.6. The molecule has 1 aromatic carbocycles. The van der Waals surface area contributed by atoms with Crippen molar-refractivity contribution in [1.82, 2.24) is 0 Å². The van der Waals surface area contributed by atoms with Gasteiger partial charge in [0.2, 0.25) is 0 Å². The highest BCUT2D eigenvalue weighted by atomic mass is 32.2. The van der Waals surface area contributed by atoms with Crippen LogP contribution in [0.4, 0.5) is 0 Å². The van der Waals surface area contributed by atoms with Gasteiger partial charge in [0.05, 0.1) is 14.0 Å². The Balaban J connectivity index is 1.71. The number of thiol groups is 1. The van der Waals surface area contributed by atoms with Crippen LogP contribution in [0.2, 0.25) is 0 Å². The lowest BCUT2D eigenvalue weighted by Crippen LogP contribution is -2.03. The number of hydrogen-bond donors (Lipinski definition) is 2. The quantitative estimate of drug-likeness (QED) is 0.116. The van der Waals surface area contributed by atoms with Gasteiger partial charge in [0.25, 0.3) is 0 Å². The van der Waals surface area contributed by atoms with Gasteiger partial charge < -0.3 is 9.84 Å². The van der Waals surface area contributed by atoms with Crippen molar-refractivity contribution < 1.29 is 14.6 Å². The lowest BCUT2D eigenvalue weighted by atomic mass is 10.1. The Labute approximate surface area is 220 Å². The van der Waals surface area contributed by atoms with E-state index in [1.54, 1.807) is 45.3 Å². The predicted octanol–water partition coefficient (Wildman–Crippen LogP) is 8.90. The molecule has 0 aliphatic rings. The molecule has 0 radical (unpaired) electrons. The number of carbonyl (C=O) groups is 1. The van der Waals surface area contributed by atoms with Crippen molar-refractivity contribution in [3.05, 3.63) is 52.4 Å². The molecule has 8 heteroatoms. The summed E-state index contributed by atoms with van der Waals surface area (Å²) in [6.45, 7) is 6.76. The molecule has 176 valence electrons. The first-order chi connectivity index (χ1) is 16.4. The Bertz CT molecular complexity index is 1480. The van der Waals surface area contributed by atoms with Crippen LogP contribution in [0.5, 0.6) is 0 Å². The van der Waals surface area contributed by atoms with Crippen molar-refractivity contribution in [3.8, 4) is 19.5 Å². The molecule has 0 aliphatic heterocycles. The molecule has 1 atom stereocenters. The van der Waals surface area contributed by atoms with E-state index in [-0.39, 0.29) is 0 Å². The second-order valence-electron chi connectivity index (χ2n) is 8.46. The number of aldehydes is 1. The van der Waals surface area contributed by atoms with Crippen LogP contribution in [0.1, 0.15) is 47.9 Å². The minimum Gasteiger partial charge on any atom is -0.364 e. The minimum atomic E-state index is -1.00. The fourth-order valence-electron chi connectivity index (χ4n) is 4.16. The van der Waals surface area contributed by atoms with Crippen LogP contribution in [-0.4, -0.2) is 18.0 Å². The third-order valence-corrected chi connectivity index (χ3v) is 10.7. The number of fused-ring (bicyclic) bond motifs is 2. The highest BCUT2D eigenvalue weighted by Crippen LogP contribution is 2.48. The molecule has 4 aromatic heterocycles. The first kappa shape index (κ1) is 24.2. The van der Waals surface area contributed by atoms with E-state index in [2.05, 4.69) is 50.7 Å². The van der Waals surface area contributed by atoms with Gasteiger partial charge in [-0.1, -0.05) is 13.8 Å². The second kappa shape index (κ2) is 9.85. The molecule has 0 saturated heterocycles. The summed E-state index contributed by atoms with van der Waals surface area (Å²) in [5.74, 6) is 0.590. The van der Waals surface area contributed by atoms with Gasteiger partial charge in [-0.15, -0.1) is 58.0 Å². The lowest BCUT2D eigenvalue weighted by molar-refractivity contribution is -0.0964. The van der Waals surface area contributed by atoms with E-state index in [1.807, 2.05) is 19.1 Å². The highest BCUT2D eigenvalue weighted by Gasteiger charge is 2.24. The monoisotopic (exact) mass is 544 g/mol. The van der Waals surface area contributed by atoms with Crippen LogP contribution >= 0.6 is 58.0 Å². The molecule has 4 heterocycles. The number of aliphatic hydroxyl groups excluding tert-OH is 1. The molecule has 1 N–H and O–H groups in total. The first-order valence-electron chi connectivity index (χ1n) is 11.1. The summed E-state index contributed by atoms with van der Waals surface area (Å²) in [7, 11) is 0. The number of thiophene rings is 4. The lowest BCUT2D eigenvalue weighted by Gasteiger charge is -2.12. The number of carbonyl (C=O) groups excluding carboxylic acids is 1. The standard InChI is InChI=1S/C26H24O3S5/c1-4-29-26(28)23-16-11-20-15(17(12-27)24(33-20)18-7-8-22(30)32-18)10-21(16)34-25(23)19-6-5-14(31-19)9-13(2)3/h5-8,10-13,26,28,30H,4,9H2,1-3H3. The summed E-state index contributed by atoms with van der Waals surface area (Å²) in [6, 6.07) is 12.5. The van der Waals surface area contributed by atoms with E-state index < -0.39 is 6.29 Å². The smallest absolute Gasteiger partial charge is 0.183 e. The molecule has 0 saturated carbocycles. The molecule has 0 amide bonds. The molecule has 3 nitrogen and oxygen atoms in total. The van der Waals surface area contributed by atoms with Crippen molar-refractivity contribution in [3.63, 3.8) is 0 Å². The molecule has 34 heavy (non-hydrogen) atoms. The van der Waals surface area contributed by atoms with Gasteiger partial charge in [0.15, 0.2) is 12.6 Å².